The summed E-state index contributed by atoms with van der Waals surface area (Å²) >= 11 is 2.12. The van der Waals surface area contributed by atoms with Crippen LogP contribution in [-0.2, 0) is 0 Å². The van der Waals surface area contributed by atoms with E-state index in [-0.39, 0.29) is 5.54 Å². The number of rotatable bonds is 4. The van der Waals surface area contributed by atoms with Crippen molar-refractivity contribution in [3.63, 3.8) is 0 Å². The second-order valence-corrected chi connectivity index (χ2v) is 8.82. The number of hydrogen-bond donors (Lipinski definition) is 1. The van der Waals surface area contributed by atoms with Crippen molar-refractivity contribution >= 4 is 11.8 Å². The van der Waals surface area contributed by atoms with Crippen LogP contribution in [0.3, 0.4) is 0 Å². The van der Waals surface area contributed by atoms with Gasteiger partial charge in [0.1, 0.15) is 0 Å². The van der Waals surface area contributed by atoms with E-state index >= 15 is 0 Å². The zero-order chi connectivity index (χ0) is 14.6. The molecule has 2 atom stereocenters. The van der Waals surface area contributed by atoms with Crippen molar-refractivity contribution in [1.29, 1.82) is 0 Å². The number of nitrogens with zero attached hydrogens (tertiary/aromatic N) is 1. The van der Waals surface area contributed by atoms with Crippen molar-refractivity contribution in [1.82, 2.24) is 4.90 Å². The van der Waals surface area contributed by atoms with E-state index in [2.05, 4.69) is 37.4 Å². The molecule has 2 aliphatic rings. The van der Waals surface area contributed by atoms with Crippen LogP contribution in [0.4, 0.5) is 0 Å². The summed E-state index contributed by atoms with van der Waals surface area (Å²) < 4.78 is 0. The van der Waals surface area contributed by atoms with Crippen LogP contribution in [0.1, 0.15) is 59.3 Å². The van der Waals surface area contributed by atoms with E-state index in [1.165, 1.54) is 63.1 Å². The highest BCUT2D eigenvalue weighted by Crippen LogP contribution is 2.42. The van der Waals surface area contributed by atoms with Gasteiger partial charge in [0.25, 0.3) is 0 Å². The highest BCUT2D eigenvalue weighted by molar-refractivity contribution is 7.99. The fraction of sp³-hybridized carbons (Fsp3) is 1.00. The zero-order valence-electron chi connectivity index (χ0n) is 13.8. The topological polar surface area (TPSA) is 29.3 Å². The minimum absolute atomic E-state index is 0.271. The molecule has 0 aromatic carbocycles. The second-order valence-electron chi connectivity index (χ2n) is 7.83. The summed E-state index contributed by atoms with van der Waals surface area (Å²) in [6.07, 6.45) is 8.24. The van der Waals surface area contributed by atoms with E-state index in [1.54, 1.807) is 0 Å². The average molecular weight is 299 g/mol. The Bertz CT molecular complexity index is 305. The van der Waals surface area contributed by atoms with Crippen molar-refractivity contribution in [2.24, 2.45) is 17.1 Å². The minimum atomic E-state index is 0.271. The van der Waals surface area contributed by atoms with Crippen LogP contribution in [0, 0.1) is 11.3 Å². The van der Waals surface area contributed by atoms with E-state index in [0.29, 0.717) is 5.41 Å². The molecule has 2 N–H and O–H groups in total. The van der Waals surface area contributed by atoms with E-state index in [0.717, 1.165) is 12.5 Å². The third-order valence-corrected chi connectivity index (χ3v) is 6.99. The lowest BCUT2D eigenvalue weighted by Gasteiger charge is -2.50. The maximum absolute atomic E-state index is 6.28. The predicted molar refractivity (Wildman–Crippen MR) is 91.3 cm³/mol. The summed E-state index contributed by atoms with van der Waals surface area (Å²) in [5.74, 6) is 3.50. The van der Waals surface area contributed by atoms with E-state index in [1.807, 2.05) is 0 Å². The lowest BCUT2D eigenvalue weighted by atomic mass is 9.78. The molecule has 2 unspecified atom stereocenters. The van der Waals surface area contributed by atoms with Crippen LogP contribution in [-0.4, -0.2) is 41.6 Å². The van der Waals surface area contributed by atoms with Gasteiger partial charge in [0.05, 0.1) is 0 Å². The van der Waals surface area contributed by atoms with Gasteiger partial charge in [0, 0.05) is 17.8 Å². The molecule has 2 nitrogen and oxygen atoms in total. The molecule has 0 radical (unpaired) electrons. The third kappa shape index (κ3) is 3.92. The molecular weight excluding hydrogens is 264 g/mol. The molecule has 3 heteroatoms. The Kier molecular flexibility index (Phi) is 5.84. The maximum Gasteiger partial charge on any atom is 0.0427 e. The number of nitrogens with two attached hydrogens (primary N) is 1. The fourth-order valence-corrected chi connectivity index (χ4v) is 5.85. The normalized spacial score (nSPS) is 35.7. The van der Waals surface area contributed by atoms with Gasteiger partial charge in [0.2, 0.25) is 0 Å². The van der Waals surface area contributed by atoms with Crippen molar-refractivity contribution in [2.75, 3.05) is 31.1 Å². The quantitative estimate of drug-likeness (QED) is 0.857. The standard InChI is InChI=1S/C17H34N2S/c1-4-6-15-7-5-9-19(10-8-15)17(12-18)11-16(2,3)13-20-14-17/h15H,4-14,18H2,1-3H3. The van der Waals surface area contributed by atoms with Crippen LogP contribution in [0.15, 0.2) is 0 Å². The van der Waals surface area contributed by atoms with Crippen LogP contribution in [0.5, 0.6) is 0 Å². The van der Waals surface area contributed by atoms with Crippen LogP contribution < -0.4 is 5.73 Å². The first-order valence-electron chi connectivity index (χ1n) is 8.54. The predicted octanol–water partition coefficient (Wildman–Crippen LogP) is 3.75. The SMILES string of the molecule is CCCC1CCCN(C2(CN)CSCC(C)(C)C2)CC1. The summed E-state index contributed by atoms with van der Waals surface area (Å²) in [5, 5.41) is 0. The molecule has 0 saturated carbocycles. The zero-order valence-corrected chi connectivity index (χ0v) is 14.6. The summed E-state index contributed by atoms with van der Waals surface area (Å²) in [5.41, 5.74) is 6.99. The monoisotopic (exact) mass is 298 g/mol. The van der Waals surface area contributed by atoms with Gasteiger partial charge in [-0.25, -0.2) is 0 Å². The van der Waals surface area contributed by atoms with Crippen molar-refractivity contribution in [2.45, 2.75) is 64.8 Å². The highest BCUT2D eigenvalue weighted by Gasteiger charge is 2.43. The van der Waals surface area contributed by atoms with Gasteiger partial charge in [0.15, 0.2) is 0 Å². The van der Waals surface area contributed by atoms with Gasteiger partial charge in [-0.3, -0.25) is 4.90 Å². The lowest BCUT2D eigenvalue weighted by molar-refractivity contribution is 0.0706. The summed E-state index contributed by atoms with van der Waals surface area (Å²) in [6.45, 7) is 10.5. The molecule has 0 spiro atoms. The first-order chi connectivity index (χ1) is 9.51. The maximum atomic E-state index is 6.28. The molecule has 2 heterocycles. The molecule has 118 valence electrons. The molecular formula is C17H34N2S. The molecule has 0 amide bonds. The Labute approximate surface area is 130 Å². The number of hydrogen-bond acceptors (Lipinski definition) is 3. The minimum Gasteiger partial charge on any atom is -0.329 e. The van der Waals surface area contributed by atoms with E-state index in [4.69, 9.17) is 5.73 Å². The molecule has 2 saturated heterocycles. The van der Waals surface area contributed by atoms with Crippen LogP contribution >= 0.6 is 11.8 Å². The third-order valence-electron chi connectivity index (χ3n) is 5.27. The Morgan fingerprint density at radius 3 is 2.65 bits per heavy atom. The Balaban J connectivity index is 2.03. The molecule has 2 fully saturated rings. The molecule has 0 aromatic rings. The van der Waals surface area contributed by atoms with E-state index < -0.39 is 0 Å². The summed E-state index contributed by atoms with van der Waals surface area (Å²) in [7, 11) is 0. The Morgan fingerprint density at radius 1 is 1.20 bits per heavy atom. The van der Waals surface area contributed by atoms with Crippen LogP contribution in [0.25, 0.3) is 0 Å². The molecule has 0 bridgehead atoms. The van der Waals surface area contributed by atoms with Crippen LogP contribution in [0.2, 0.25) is 0 Å². The molecule has 20 heavy (non-hydrogen) atoms. The van der Waals surface area contributed by atoms with Gasteiger partial charge >= 0.3 is 0 Å². The first-order valence-corrected chi connectivity index (χ1v) is 9.70. The molecule has 0 aliphatic carbocycles. The van der Waals surface area contributed by atoms with Gasteiger partial charge in [-0.05, 0) is 55.9 Å². The van der Waals surface area contributed by atoms with Gasteiger partial charge in [-0.1, -0.05) is 33.6 Å². The molecule has 2 aliphatic heterocycles. The fourth-order valence-electron chi connectivity index (χ4n) is 4.31. The summed E-state index contributed by atoms with van der Waals surface area (Å²) in [6, 6.07) is 0. The lowest BCUT2D eigenvalue weighted by Crippen LogP contribution is -2.60. The Morgan fingerprint density at radius 2 is 2.00 bits per heavy atom. The molecule has 0 aromatic heterocycles. The number of likely N-dealkylation sites (tertiary alicyclic amines) is 1. The number of thioether (sulfide) groups is 1. The molecule has 2 rings (SSSR count). The van der Waals surface area contributed by atoms with Crippen molar-refractivity contribution in [3.8, 4) is 0 Å². The smallest absolute Gasteiger partial charge is 0.0427 e. The van der Waals surface area contributed by atoms with Crippen molar-refractivity contribution in [3.05, 3.63) is 0 Å². The average Bonchev–Trinajstić information content (AvgIpc) is 2.64. The van der Waals surface area contributed by atoms with Gasteiger partial charge in [-0.2, -0.15) is 11.8 Å². The van der Waals surface area contributed by atoms with Gasteiger partial charge < -0.3 is 5.73 Å². The van der Waals surface area contributed by atoms with Gasteiger partial charge in [-0.15, -0.1) is 0 Å². The Hall–Kier alpha value is 0.270. The largest absolute Gasteiger partial charge is 0.329 e. The second kappa shape index (κ2) is 7.02. The van der Waals surface area contributed by atoms with Crippen molar-refractivity contribution < 1.29 is 0 Å². The first kappa shape index (κ1) is 16.6. The summed E-state index contributed by atoms with van der Waals surface area (Å²) in [4.78, 5) is 2.77. The van der Waals surface area contributed by atoms with E-state index in [9.17, 15) is 0 Å². The highest BCUT2D eigenvalue weighted by atomic mass is 32.2.